The second kappa shape index (κ2) is 4.38. The molecule has 0 unspecified atom stereocenters. The molecule has 18 heavy (non-hydrogen) atoms. The summed E-state index contributed by atoms with van der Waals surface area (Å²) in [5.41, 5.74) is 0. The van der Waals surface area contributed by atoms with E-state index >= 15 is 0 Å². The molecule has 0 saturated heterocycles. The van der Waals surface area contributed by atoms with Gasteiger partial charge in [0.25, 0.3) is 0 Å². The van der Waals surface area contributed by atoms with Gasteiger partial charge < -0.3 is 0 Å². The van der Waals surface area contributed by atoms with E-state index in [1.165, 1.54) is 0 Å². The summed E-state index contributed by atoms with van der Waals surface area (Å²) >= 11 is 0. The molecule has 0 radical (unpaired) electrons. The molecule has 0 aromatic heterocycles. The van der Waals surface area contributed by atoms with E-state index in [0.29, 0.717) is 0 Å². The first-order valence-corrected chi connectivity index (χ1v) is 10.8. The van der Waals surface area contributed by atoms with Gasteiger partial charge in [-0.3, -0.25) is 4.55 Å². The minimum Gasteiger partial charge on any atom is -0.263 e. The standard InChI is InChI=1S/C4H10O10S4/c1-15(5,6)4(16(2,7)8,17(3,9)10)14-18(11,12)13/h1-3H3,(H,11,12,13). The number of sulfone groups is 3. The molecule has 0 aromatic carbocycles. The van der Waals surface area contributed by atoms with Gasteiger partial charge in [-0.25, -0.2) is 25.3 Å². The Labute approximate surface area is 105 Å². The maximum Gasteiger partial charge on any atom is 0.400 e. The first-order valence-electron chi connectivity index (χ1n) is 3.72. The fraction of sp³-hybridized carbons (Fsp3) is 1.00. The summed E-state index contributed by atoms with van der Waals surface area (Å²) in [7, 11) is -21.0. The van der Waals surface area contributed by atoms with Crippen molar-refractivity contribution in [1.82, 2.24) is 0 Å². The minimum atomic E-state index is -5.67. The van der Waals surface area contributed by atoms with Crippen LogP contribution in [0.3, 0.4) is 0 Å². The van der Waals surface area contributed by atoms with Crippen molar-refractivity contribution >= 4 is 39.9 Å². The van der Waals surface area contributed by atoms with Gasteiger partial charge in [-0.1, -0.05) is 0 Å². The van der Waals surface area contributed by atoms with Crippen molar-refractivity contribution in [2.24, 2.45) is 0 Å². The molecule has 1 N–H and O–H groups in total. The molecule has 0 amide bonds. The van der Waals surface area contributed by atoms with Gasteiger partial charge in [0.05, 0.1) is 0 Å². The van der Waals surface area contributed by atoms with Gasteiger partial charge in [0, 0.05) is 18.8 Å². The Bertz CT molecular complexity index is 654. The molecule has 0 heterocycles. The van der Waals surface area contributed by atoms with Crippen LogP contribution in [0.1, 0.15) is 0 Å². The molecule has 0 atom stereocenters. The third-order valence-corrected chi connectivity index (χ3v) is 10.8. The molecule has 10 nitrogen and oxygen atoms in total. The monoisotopic (exact) mass is 346 g/mol. The average Bonchev–Trinajstić information content (AvgIpc) is 1.90. The summed E-state index contributed by atoms with van der Waals surface area (Å²) in [4.78, 5) is 0. The lowest BCUT2D eigenvalue weighted by atomic mass is 11.6. The number of hydrogen-bond donors (Lipinski definition) is 1. The normalized spacial score (nSPS) is 15.6. The molecule has 0 aromatic rings. The first kappa shape index (κ1) is 17.7. The Morgan fingerprint density at radius 3 is 1.00 bits per heavy atom. The maximum absolute atomic E-state index is 11.4. The van der Waals surface area contributed by atoms with E-state index < -0.39 is 43.5 Å². The minimum absolute atomic E-state index is 0.139. The van der Waals surface area contributed by atoms with Gasteiger partial charge in [-0.05, 0) is 0 Å². The van der Waals surface area contributed by atoms with Crippen LogP contribution in [0.15, 0.2) is 0 Å². The number of hydrogen-bond acceptors (Lipinski definition) is 9. The number of rotatable bonds is 5. The summed E-state index contributed by atoms with van der Waals surface area (Å²) in [6.45, 7) is 0. The summed E-state index contributed by atoms with van der Waals surface area (Å²) in [6.07, 6.45) is 0.417. The molecular formula is C4H10O10S4. The third kappa shape index (κ3) is 3.18. The Morgan fingerprint density at radius 2 is 0.944 bits per heavy atom. The van der Waals surface area contributed by atoms with Gasteiger partial charge in [0.15, 0.2) is 0 Å². The van der Waals surface area contributed by atoms with Crippen molar-refractivity contribution in [3.8, 4) is 0 Å². The van der Waals surface area contributed by atoms with Crippen LogP contribution in [0.25, 0.3) is 0 Å². The van der Waals surface area contributed by atoms with Gasteiger partial charge in [0.1, 0.15) is 0 Å². The van der Waals surface area contributed by atoms with Crippen LogP contribution in [0.5, 0.6) is 0 Å². The topological polar surface area (TPSA) is 166 Å². The van der Waals surface area contributed by atoms with E-state index in [2.05, 4.69) is 4.18 Å². The van der Waals surface area contributed by atoms with Crippen molar-refractivity contribution in [1.29, 1.82) is 0 Å². The van der Waals surface area contributed by atoms with Gasteiger partial charge >= 0.3 is 14.0 Å². The zero-order valence-electron chi connectivity index (χ0n) is 9.25. The maximum atomic E-state index is 11.4. The van der Waals surface area contributed by atoms with Crippen LogP contribution in [-0.4, -0.2) is 60.6 Å². The van der Waals surface area contributed by atoms with Gasteiger partial charge in [-0.15, -0.1) is 0 Å². The van der Waals surface area contributed by atoms with Crippen LogP contribution in [0.2, 0.25) is 0 Å². The third-order valence-electron chi connectivity index (χ3n) is 1.57. The van der Waals surface area contributed by atoms with Crippen LogP contribution >= 0.6 is 0 Å². The Balaban J connectivity index is 6.91. The molecule has 0 aliphatic rings. The summed E-state index contributed by atoms with van der Waals surface area (Å²) < 4.78 is 97.0. The second-order valence-corrected chi connectivity index (χ2v) is 11.5. The van der Waals surface area contributed by atoms with Crippen molar-refractivity contribution in [2.45, 2.75) is 3.60 Å². The van der Waals surface area contributed by atoms with Crippen molar-refractivity contribution < 1.29 is 42.4 Å². The highest BCUT2D eigenvalue weighted by atomic mass is 32.3. The van der Waals surface area contributed by atoms with E-state index in [1.807, 2.05) is 0 Å². The molecule has 14 heteroatoms. The van der Waals surface area contributed by atoms with Crippen LogP contribution in [0.4, 0.5) is 0 Å². The molecule has 0 fully saturated rings. The van der Waals surface area contributed by atoms with Gasteiger partial charge in [-0.2, -0.15) is 12.6 Å². The molecule has 0 bridgehead atoms. The Morgan fingerprint density at radius 1 is 0.722 bits per heavy atom. The smallest absolute Gasteiger partial charge is 0.263 e. The summed E-state index contributed by atoms with van der Waals surface area (Å²) in [5.74, 6) is 0. The van der Waals surface area contributed by atoms with Crippen molar-refractivity contribution in [3.05, 3.63) is 0 Å². The molecule has 0 aliphatic heterocycles. The van der Waals surface area contributed by atoms with Crippen LogP contribution < -0.4 is 0 Å². The highest BCUT2D eigenvalue weighted by Gasteiger charge is 2.64. The zero-order chi connectivity index (χ0) is 15.2. The van der Waals surface area contributed by atoms with Crippen molar-refractivity contribution in [2.75, 3.05) is 18.8 Å². The van der Waals surface area contributed by atoms with E-state index in [9.17, 15) is 33.7 Å². The Kier molecular flexibility index (Phi) is 4.31. The lowest BCUT2D eigenvalue weighted by Crippen LogP contribution is -2.54. The highest BCUT2D eigenvalue weighted by Crippen LogP contribution is 2.32. The predicted octanol–water partition coefficient (Wildman–Crippen LogP) is -2.45. The van der Waals surface area contributed by atoms with E-state index in [0.717, 1.165) is 0 Å². The summed E-state index contributed by atoms with van der Waals surface area (Å²) in [5, 5.41) is 0. The first-order chi connectivity index (χ1) is 7.46. The van der Waals surface area contributed by atoms with E-state index in [-0.39, 0.29) is 18.8 Å². The molecule has 0 rings (SSSR count). The van der Waals surface area contributed by atoms with Crippen LogP contribution in [-0.2, 0) is 44.1 Å². The largest absolute Gasteiger partial charge is 0.400 e. The van der Waals surface area contributed by atoms with Crippen LogP contribution in [0, 0.1) is 0 Å². The SMILES string of the molecule is CS(=O)(=O)C(OS(=O)(=O)O)(S(C)(=O)=O)S(C)(=O)=O. The molecule has 0 saturated carbocycles. The zero-order valence-corrected chi connectivity index (χ0v) is 12.5. The van der Waals surface area contributed by atoms with E-state index in [1.54, 1.807) is 0 Å². The quantitative estimate of drug-likeness (QED) is 0.528. The average molecular weight is 346 g/mol. The summed E-state index contributed by atoms with van der Waals surface area (Å²) in [6, 6.07) is 0. The lowest BCUT2D eigenvalue weighted by molar-refractivity contribution is 0.255. The van der Waals surface area contributed by atoms with E-state index in [4.69, 9.17) is 4.55 Å². The Hall–Kier alpha value is -0.280. The fourth-order valence-electron chi connectivity index (χ4n) is 1.14. The molecule has 0 spiro atoms. The molecule has 110 valence electrons. The van der Waals surface area contributed by atoms with Gasteiger partial charge in [0.2, 0.25) is 29.5 Å². The predicted molar refractivity (Wildman–Crippen MR) is 59.9 cm³/mol. The molecule has 0 aliphatic carbocycles. The van der Waals surface area contributed by atoms with Crippen molar-refractivity contribution in [3.63, 3.8) is 0 Å². The lowest BCUT2D eigenvalue weighted by Gasteiger charge is -2.25. The highest BCUT2D eigenvalue weighted by molar-refractivity contribution is 8.25. The molecular weight excluding hydrogens is 336 g/mol. The second-order valence-electron chi connectivity index (χ2n) is 3.33. The fourth-order valence-corrected chi connectivity index (χ4v) is 10.3.